The third-order valence-electron chi connectivity index (χ3n) is 3.47. The van der Waals surface area contributed by atoms with E-state index < -0.39 is 0 Å². The molecular weight excluding hydrogens is 266 g/mol. The highest BCUT2D eigenvalue weighted by atomic mass is 16.6. The van der Waals surface area contributed by atoms with E-state index in [9.17, 15) is 0 Å². The Balaban J connectivity index is 1.72. The Bertz CT molecular complexity index is 613. The van der Waals surface area contributed by atoms with Crippen molar-refractivity contribution in [1.29, 1.82) is 0 Å². The van der Waals surface area contributed by atoms with Gasteiger partial charge in [0.2, 0.25) is 5.95 Å². The van der Waals surface area contributed by atoms with Gasteiger partial charge in [-0.15, -0.1) is 0 Å². The molecule has 0 aliphatic carbocycles. The quantitative estimate of drug-likeness (QED) is 0.863. The molecule has 2 heterocycles. The van der Waals surface area contributed by atoms with Gasteiger partial charge in [-0.3, -0.25) is 0 Å². The van der Waals surface area contributed by atoms with Crippen molar-refractivity contribution in [3.8, 4) is 11.5 Å². The van der Waals surface area contributed by atoms with Crippen LogP contribution in [0.25, 0.3) is 0 Å². The molecule has 1 aromatic heterocycles. The fourth-order valence-electron chi connectivity index (χ4n) is 2.26. The summed E-state index contributed by atoms with van der Waals surface area (Å²) in [6.07, 6.45) is 4.71. The van der Waals surface area contributed by atoms with Gasteiger partial charge in [0.05, 0.1) is 0 Å². The van der Waals surface area contributed by atoms with E-state index in [0.717, 1.165) is 41.5 Å². The van der Waals surface area contributed by atoms with E-state index in [1.807, 2.05) is 42.5 Å². The van der Waals surface area contributed by atoms with Crippen LogP contribution in [0.2, 0.25) is 0 Å². The van der Waals surface area contributed by atoms with Crippen LogP contribution >= 0.6 is 0 Å². The second-order valence-electron chi connectivity index (χ2n) is 5.08. The second-order valence-corrected chi connectivity index (χ2v) is 5.08. The van der Waals surface area contributed by atoms with E-state index in [4.69, 9.17) is 9.47 Å². The van der Waals surface area contributed by atoms with Crippen molar-refractivity contribution in [2.75, 3.05) is 25.2 Å². The first-order valence-corrected chi connectivity index (χ1v) is 7.17. The van der Waals surface area contributed by atoms with E-state index >= 15 is 0 Å². The highest BCUT2D eigenvalue weighted by Gasteiger charge is 2.13. The Hall–Kier alpha value is -2.30. The summed E-state index contributed by atoms with van der Waals surface area (Å²) in [5.74, 6) is 2.35. The zero-order chi connectivity index (χ0) is 14.7. The largest absolute Gasteiger partial charge is 0.486 e. The predicted molar refractivity (Wildman–Crippen MR) is 80.9 cm³/mol. The Morgan fingerprint density at radius 1 is 1.05 bits per heavy atom. The number of ether oxygens (including phenoxy) is 2. The van der Waals surface area contributed by atoms with Crippen LogP contribution in [0.4, 0.5) is 5.95 Å². The van der Waals surface area contributed by atoms with Crippen LogP contribution in [-0.4, -0.2) is 30.2 Å². The van der Waals surface area contributed by atoms with E-state index in [1.165, 1.54) is 0 Å². The highest BCUT2D eigenvalue weighted by molar-refractivity contribution is 5.45. The molecule has 0 fully saturated rings. The number of rotatable bonds is 4. The molecule has 110 valence electrons. The number of fused-ring (bicyclic) bond motifs is 1. The Labute approximate surface area is 124 Å². The summed E-state index contributed by atoms with van der Waals surface area (Å²) >= 11 is 0. The van der Waals surface area contributed by atoms with Crippen LogP contribution in [0, 0.1) is 0 Å². The average molecular weight is 285 g/mol. The minimum atomic E-state index is 0.605. The lowest BCUT2D eigenvalue weighted by Crippen LogP contribution is -2.20. The molecule has 3 rings (SSSR count). The van der Waals surface area contributed by atoms with Crippen molar-refractivity contribution in [3.05, 3.63) is 41.7 Å². The number of hydrogen-bond donors (Lipinski definition) is 0. The Kier molecular flexibility index (Phi) is 3.90. The molecule has 0 saturated carbocycles. The molecule has 0 amide bonds. The number of aromatic nitrogens is 2. The summed E-state index contributed by atoms with van der Waals surface area (Å²) < 4.78 is 11.1. The van der Waals surface area contributed by atoms with Gasteiger partial charge >= 0.3 is 0 Å². The molecule has 5 nitrogen and oxygen atoms in total. The maximum absolute atomic E-state index is 5.61. The molecule has 1 aliphatic heterocycles. The SMILES string of the molecule is CCc1cnc(N(C)Cc2ccc3c(c2)OCCO3)nc1. The fourth-order valence-corrected chi connectivity index (χ4v) is 2.26. The molecule has 0 spiro atoms. The monoisotopic (exact) mass is 285 g/mol. The third-order valence-corrected chi connectivity index (χ3v) is 3.47. The van der Waals surface area contributed by atoms with Crippen LogP contribution in [0.15, 0.2) is 30.6 Å². The van der Waals surface area contributed by atoms with Crippen molar-refractivity contribution in [2.24, 2.45) is 0 Å². The molecule has 1 aromatic carbocycles. The van der Waals surface area contributed by atoms with Gasteiger partial charge in [-0.1, -0.05) is 13.0 Å². The van der Waals surface area contributed by atoms with E-state index in [-0.39, 0.29) is 0 Å². The summed E-state index contributed by atoms with van der Waals surface area (Å²) in [5, 5.41) is 0. The zero-order valence-corrected chi connectivity index (χ0v) is 12.4. The van der Waals surface area contributed by atoms with Gasteiger partial charge in [-0.25, -0.2) is 9.97 Å². The van der Waals surface area contributed by atoms with Gasteiger partial charge in [0.25, 0.3) is 0 Å². The lowest BCUT2D eigenvalue weighted by Gasteiger charge is -2.21. The molecule has 2 aromatic rings. The molecule has 0 atom stereocenters. The number of aryl methyl sites for hydroxylation is 1. The van der Waals surface area contributed by atoms with Crippen molar-refractivity contribution in [3.63, 3.8) is 0 Å². The van der Waals surface area contributed by atoms with Gasteiger partial charge < -0.3 is 14.4 Å². The number of nitrogens with zero attached hydrogens (tertiary/aromatic N) is 3. The van der Waals surface area contributed by atoms with E-state index in [0.29, 0.717) is 13.2 Å². The molecule has 0 radical (unpaired) electrons. The number of anilines is 1. The molecule has 0 N–H and O–H groups in total. The van der Waals surface area contributed by atoms with Crippen LogP contribution in [-0.2, 0) is 13.0 Å². The Morgan fingerprint density at radius 2 is 1.76 bits per heavy atom. The number of hydrogen-bond acceptors (Lipinski definition) is 5. The molecule has 0 bridgehead atoms. The lowest BCUT2D eigenvalue weighted by atomic mass is 10.2. The van der Waals surface area contributed by atoms with Crippen molar-refractivity contribution >= 4 is 5.95 Å². The summed E-state index contributed by atoms with van der Waals surface area (Å²) in [5.41, 5.74) is 2.29. The van der Waals surface area contributed by atoms with Crippen LogP contribution in [0.1, 0.15) is 18.1 Å². The normalized spacial score (nSPS) is 13.0. The molecular formula is C16H19N3O2. The van der Waals surface area contributed by atoms with Gasteiger partial charge in [0.1, 0.15) is 13.2 Å². The minimum Gasteiger partial charge on any atom is -0.486 e. The van der Waals surface area contributed by atoms with Crippen LogP contribution < -0.4 is 14.4 Å². The first-order valence-electron chi connectivity index (χ1n) is 7.17. The standard InChI is InChI=1S/C16H19N3O2/c1-3-12-9-17-16(18-10-12)19(2)11-13-4-5-14-15(8-13)21-7-6-20-14/h4-5,8-10H,3,6-7,11H2,1-2H3. The summed E-state index contributed by atoms with van der Waals surface area (Å²) in [6.45, 7) is 4.04. The molecule has 0 unspecified atom stereocenters. The number of benzene rings is 1. The smallest absolute Gasteiger partial charge is 0.225 e. The van der Waals surface area contributed by atoms with Gasteiger partial charge in [-0.05, 0) is 29.7 Å². The lowest BCUT2D eigenvalue weighted by molar-refractivity contribution is 0.171. The first-order chi connectivity index (χ1) is 10.3. The van der Waals surface area contributed by atoms with Crippen molar-refractivity contribution in [2.45, 2.75) is 19.9 Å². The fraction of sp³-hybridized carbons (Fsp3) is 0.375. The Morgan fingerprint density at radius 3 is 2.48 bits per heavy atom. The second kappa shape index (κ2) is 5.99. The molecule has 0 saturated heterocycles. The summed E-state index contributed by atoms with van der Waals surface area (Å²) in [7, 11) is 1.98. The highest BCUT2D eigenvalue weighted by Crippen LogP contribution is 2.31. The topological polar surface area (TPSA) is 47.5 Å². The maximum Gasteiger partial charge on any atom is 0.225 e. The summed E-state index contributed by atoms with van der Waals surface area (Å²) in [4.78, 5) is 10.8. The van der Waals surface area contributed by atoms with Crippen LogP contribution in [0.5, 0.6) is 11.5 Å². The predicted octanol–water partition coefficient (Wildman–Crippen LogP) is 2.45. The van der Waals surface area contributed by atoms with Gasteiger partial charge in [0.15, 0.2) is 11.5 Å². The van der Waals surface area contributed by atoms with E-state index in [2.05, 4.69) is 16.9 Å². The molecule has 21 heavy (non-hydrogen) atoms. The maximum atomic E-state index is 5.61. The molecule has 5 heteroatoms. The van der Waals surface area contributed by atoms with Crippen LogP contribution in [0.3, 0.4) is 0 Å². The molecule has 1 aliphatic rings. The average Bonchev–Trinajstić information content (AvgIpc) is 2.55. The van der Waals surface area contributed by atoms with E-state index in [1.54, 1.807) is 0 Å². The third kappa shape index (κ3) is 3.07. The van der Waals surface area contributed by atoms with Gasteiger partial charge in [-0.2, -0.15) is 0 Å². The van der Waals surface area contributed by atoms with Crippen molar-refractivity contribution in [1.82, 2.24) is 9.97 Å². The minimum absolute atomic E-state index is 0.605. The summed E-state index contributed by atoms with van der Waals surface area (Å²) in [6, 6.07) is 6.02. The van der Waals surface area contributed by atoms with Crippen molar-refractivity contribution < 1.29 is 9.47 Å². The zero-order valence-electron chi connectivity index (χ0n) is 12.4. The van der Waals surface area contributed by atoms with Gasteiger partial charge in [0, 0.05) is 26.0 Å². The first kappa shape index (κ1) is 13.7.